The van der Waals surface area contributed by atoms with E-state index in [2.05, 4.69) is 9.97 Å². The second-order valence-electron chi connectivity index (χ2n) is 5.14. The molecule has 0 amide bonds. The summed E-state index contributed by atoms with van der Waals surface area (Å²) in [5.74, 6) is 0. The highest BCUT2D eigenvalue weighted by Crippen LogP contribution is 2.23. The van der Waals surface area contributed by atoms with Gasteiger partial charge in [-0.15, -0.1) is 0 Å². The highest BCUT2D eigenvalue weighted by Gasteiger charge is 2.16. The fourth-order valence-electron chi connectivity index (χ4n) is 2.87. The standard InChI is InChI=1S/C16H13N3OS/c20-15-14-13(11-8-4-5-9-12(11)17-14)18-16(21)19(15)10-6-2-1-3-7-10/h1-6,8-10,17H,7H2,(H,18,21). The zero-order valence-corrected chi connectivity index (χ0v) is 12.0. The predicted molar refractivity (Wildman–Crippen MR) is 87.2 cm³/mol. The van der Waals surface area contributed by atoms with Gasteiger partial charge >= 0.3 is 0 Å². The van der Waals surface area contributed by atoms with Crippen LogP contribution < -0.4 is 5.56 Å². The highest BCUT2D eigenvalue weighted by molar-refractivity contribution is 7.71. The molecule has 1 aliphatic carbocycles. The van der Waals surface area contributed by atoms with Crippen molar-refractivity contribution in [2.45, 2.75) is 12.5 Å². The molecule has 104 valence electrons. The van der Waals surface area contributed by atoms with Crippen molar-refractivity contribution < 1.29 is 0 Å². The molecule has 1 atom stereocenters. The normalized spacial score (nSPS) is 17.8. The molecule has 2 N–H and O–H groups in total. The van der Waals surface area contributed by atoms with E-state index < -0.39 is 0 Å². The summed E-state index contributed by atoms with van der Waals surface area (Å²) in [6, 6.07) is 7.81. The summed E-state index contributed by atoms with van der Waals surface area (Å²) in [6.07, 6.45) is 8.75. The molecule has 4 nitrogen and oxygen atoms in total. The van der Waals surface area contributed by atoms with Gasteiger partial charge < -0.3 is 9.97 Å². The summed E-state index contributed by atoms with van der Waals surface area (Å²) in [5.41, 5.74) is 2.22. The number of benzene rings is 1. The summed E-state index contributed by atoms with van der Waals surface area (Å²) in [5, 5.41) is 0.988. The molecule has 3 aromatic rings. The highest BCUT2D eigenvalue weighted by atomic mass is 32.1. The van der Waals surface area contributed by atoms with Crippen LogP contribution in [0, 0.1) is 4.77 Å². The lowest BCUT2D eigenvalue weighted by Gasteiger charge is -2.16. The van der Waals surface area contributed by atoms with E-state index in [0.29, 0.717) is 10.3 Å². The van der Waals surface area contributed by atoms with Gasteiger partial charge in [0.05, 0.1) is 11.6 Å². The SMILES string of the molecule is O=c1c2[nH]c3ccccc3c2[nH]c(=S)n1C1C=CC=CC1. The number of rotatable bonds is 1. The van der Waals surface area contributed by atoms with Crippen molar-refractivity contribution in [2.75, 3.05) is 0 Å². The van der Waals surface area contributed by atoms with Crippen LogP contribution in [0.5, 0.6) is 0 Å². The Balaban J connectivity index is 2.08. The molecule has 0 radical (unpaired) electrons. The van der Waals surface area contributed by atoms with Crippen molar-refractivity contribution in [3.63, 3.8) is 0 Å². The van der Waals surface area contributed by atoms with E-state index in [9.17, 15) is 4.79 Å². The van der Waals surface area contributed by atoms with Crippen LogP contribution in [0.3, 0.4) is 0 Å². The van der Waals surface area contributed by atoms with Gasteiger partial charge in [-0.05, 0) is 24.7 Å². The van der Waals surface area contributed by atoms with Crippen LogP contribution in [0.15, 0.2) is 53.4 Å². The van der Waals surface area contributed by atoms with Gasteiger partial charge in [0, 0.05) is 10.9 Å². The maximum Gasteiger partial charge on any atom is 0.279 e. The number of nitrogens with one attached hydrogen (secondary N) is 2. The molecule has 2 heterocycles. The number of para-hydroxylation sites is 1. The van der Waals surface area contributed by atoms with Crippen LogP contribution >= 0.6 is 12.2 Å². The van der Waals surface area contributed by atoms with Crippen LogP contribution in [-0.2, 0) is 0 Å². The van der Waals surface area contributed by atoms with Crippen molar-refractivity contribution in [2.24, 2.45) is 0 Å². The molecule has 1 aromatic carbocycles. The van der Waals surface area contributed by atoms with Crippen LogP contribution in [0.25, 0.3) is 21.9 Å². The second-order valence-corrected chi connectivity index (χ2v) is 5.53. The number of aromatic nitrogens is 3. The maximum absolute atomic E-state index is 12.8. The number of hydrogen-bond acceptors (Lipinski definition) is 2. The molecule has 2 aromatic heterocycles. The van der Waals surface area contributed by atoms with Crippen LogP contribution in [0.4, 0.5) is 0 Å². The molecule has 1 aliphatic rings. The van der Waals surface area contributed by atoms with Gasteiger partial charge in [-0.3, -0.25) is 9.36 Å². The summed E-state index contributed by atoms with van der Waals surface area (Å²) < 4.78 is 2.11. The maximum atomic E-state index is 12.8. The van der Waals surface area contributed by atoms with Crippen molar-refractivity contribution in [3.8, 4) is 0 Å². The Morgan fingerprint density at radius 3 is 2.81 bits per heavy atom. The number of H-pyrrole nitrogens is 2. The Morgan fingerprint density at radius 2 is 2.00 bits per heavy atom. The molecule has 0 saturated carbocycles. The molecule has 0 saturated heterocycles. The van der Waals surface area contributed by atoms with Gasteiger partial charge in [0.15, 0.2) is 4.77 Å². The fourth-order valence-corrected chi connectivity index (χ4v) is 3.19. The first-order chi connectivity index (χ1) is 10.3. The van der Waals surface area contributed by atoms with E-state index in [1.165, 1.54) is 0 Å². The van der Waals surface area contributed by atoms with Crippen LogP contribution in [-0.4, -0.2) is 14.5 Å². The summed E-state index contributed by atoms with van der Waals surface area (Å²) in [7, 11) is 0. The first kappa shape index (κ1) is 12.3. The fraction of sp³-hybridized carbons (Fsp3) is 0.125. The van der Waals surface area contributed by atoms with E-state index in [1.54, 1.807) is 4.57 Å². The number of allylic oxidation sites excluding steroid dienone is 4. The van der Waals surface area contributed by atoms with E-state index >= 15 is 0 Å². The molecule has 0 bridgehead atoms. The van der Waals surface area contributed by atoms with Crippen molar-refractivity contribution in [1.29, 1.82) is 0 Å². The zero-order chi connectivity index (χ0) is 14.4. The molecule has 0 fully saturated rings. The molecule has 0 spiro atoms. The smallest absolute Gasteiger partial charge is 0.279 e. The Hall–Kier alpha value is -2.40. The van der Waals surface area contributed by atoms with Gasteiger partial charge in [0.25, 0.3) is 5.56 Å². The van der Waals surface area contributed by atoms with Gasteiger partial charge in [-0.2, -0.15) is 0 Å². The topological polar surface area (TPSA) is 53.6 Å². The molecule has 1 unspecified atom stereocenters. The molecule has 21 heavy (non-hydrogen) atoms. The number of fused-ring (bicyclic) bond motifs is 3. The third-order valence-electron chi connectivity index (χ3n) is 3.88. The molecular formula is C16H13N3OS. The predicted octanol–water partition coefficient (Wildman–Crippen LogP) is 3.60. The average Bonchev–Trinajstić information content (AvgIpc) is 2.88. The van der Waals surface area contributed by atoms with E-state index in [0.717, 1.165) is 22.8 Å². The number of hydrogen-bond donors (Lipinski definition) is 2. The number of aromatic amines is 2. The minimum atomic E-state index is -0.0742. The van der Waals surface area contributed by atoms with Crippen LogP contribution in [0.2, 0.25) is 0 Å². The lowest BCUT2D eigenvalue weighted by atomic mass is 10.1. The van der Waals surface area contributed by atoms with Crippen molar-refractivity contribution >= 4 is 34.2 Å². The first-order valence-electron chi connectivity index (χ1n) is 6.84. The summed E-state index contributed by atoms with van der Waals surface area (Å²) >= 11 is 5.41. The second kappa shape index (κ2) is 4.56. The molecule has 5 heteroatoms. The third-order valence-corrected chi connectivity index (χ3v) is 4.18. The first-order valence-corrected chi connectivity index (χ1v) is 7.25. The monoisotopic (exact) mass is 295 g/mol. The Labute approximate surface area is 125 Å². The van der Waals surface area contributed by atoms with Gasteiger partial charge in [-0.1, -0.05) is 42.5 Å². The number of nitrogens with zero attached hydrogens (tertiary/aromatic N) is 1. The van der Waals surface area contributed by atoms with E-state index in [-0.39, 0.29) is 11.6 Å². The third kappa shape index (κ3) is 1.81. The Kier molecular flexibility index (Phi) is 2.68. The van der Waals surface area contributed by atoms with E-state index in [1.807, 2.05) is 48.6 Å². The van der Waals surface area contributed by atoms with Crippen molar-refractivity contribution in [1.82, 2.24) is 14.5 Å². The molecular weight excluding hydrogens is 282 g/mol. The Bertz CT molecular complexity index is 1020. The minimum absolute atomic E-state index is 0.0259. The quantitative estimate of drug-likeness (QED) is 0.674. The summed E-state index contributed by atoms with van der Waals surface area (Å²) in [4.78, 5) is 19.2. The Morgan fingerprint density at radius 1 is 1.14 bits per heavy atom. The largest absolute Gasteiger partial charge is 0.349 e. The van der Waals surface area contributed by atoms with Gasteiger partial charge in [0.2, 0.25) is 0 Å². The van der Waals surface area contributed by atoms with Crippen LogP contribution in [0.1, 0.15) is 12.5 Å². The van der Waals surface area contributed by atoms with Crippen molar-refractivity contribution in [3.05, 3.63) is 63.7 Å². The van der Waals surface area contributed by atoms with E-state index in [4.69, 9.17) is 12.2 Å². The lowest BCUT2D eigenvalue weighted by molar-refractivity contribution is 0.572. The lowest BCUT2D eigenvalue weighted by Crippen LogP contribution is -2.26. The minimum Gasteiger partial charge on any atom is -0.349 e. The van der Waals surface area contributed by atoms with Gasteiger partial charge in [0.1, 0.15) is 5.52 Å². The zero-order valence-electron chi connectivity index (χ0n) is 11.2. The summed E-state index contributed by atoms with van der Waals surface area (Å²) in [6.45, 7) is 0. The molecule has 0 aliphatic heterocycles. The molecule has 4 rings (SSSR count). The average molecular weight is 295 g/mol. The van der Waals surface area contributed by atoms with Gasteiger partial charge in [-0.25, -0.2) is 0 Å².